The van der Waals surface area contributed by atoms with Gasteiger partial charge in [-0.2, -0.15) is 0 Å². The highest BCUT2D eigenvalue weighted by molar-refractivity contribution is 8.00. The normalized spacial score (nSPS) is 23.9. The van der Waals surface area contributed by atoms with Crippen LogP contribution >= 0.6 is 23.1 Å². The van der Waals surface area contributed by atoms with Crippen LogP contribution in [0.15, 0.2) is 46.9 Å². The number of nitrogens with one attached hydrogen (secondary N) is 1. The van der Waals surface area contributed by atoms with Crippen molar-refractivity contribution < 1.29 is 9.18 Å². The first-order valence-electron chi connectivity index (χ1n) is 11.2. The summed E-state index contributed by atoms with van der Waals surface area (Å²) in [6.45, 7) is 4.10. The number of benzene rings is 1. The van der Waals surface area contributed by atoms with Gasteiger partial charge in [-0.1, -0.05) is 36.4 Å². The molecule has 0 aliphatic heterocycles. The zero-order valence-corrected chi connectivity index (χ0v) is 19.8. The lowest BCUT2D eigenvalue weighted by Crippen LogP contribution is -2.25. The first-order chi connectivity index (χ1) is 15.5. The number of rotatable bonds is 7. The number of thioether (sulfide) groups is 1. The van der Waals surface area contributed by atoms with Gasteiger partial charge in [0.2, 0.25) is 5.91 Å². The minimum absolute atomic E-state index is 0.195. The van der Waals surface area contributed by atoms with Gasteiger partial charge < -0.3 is 5.32 Å². The number of hydrogen-bond acceptors (Lipinski definition) is 5. The molecular formula is C24H27FN4OS2. The number of fused-ring (bicyclic) bond motifs is 2. The molecule has 2 aliphatic carbocycles. The number of carbonyl (C=O) groups excluding carboxylic acids is 1. The van der Waals surface area contributed by atoms with Crippen LogP contribution in [0.5, 0.6) is 0 Å². The summed E-state index contributed by atoms with van der Waals surface area (Å²) in [7, 11) is 0. The molecular weight excluding hydrogens is 443 g/mol. The zero-order valence-electron chi connectivity index (χ0n) is 18.2. The Labute approximate surface area is 195 Å². The smallest absolute Gasteiger partial charge is 0.237 e. The van der Waals surface area contributed by atoms with Gasteiger partial charge in [0, 0.05) is 6.04 Å². The van der Waals surface area contributed by atoms with Crippen LogP contribution in [0.1, 0.15) is 45.6 Å². The Kier molecular flexibility index (Phi) is 6.07. The molecule has 1 aromatic carbocycles. The second-order valence-corrected chi connectivity index (χ2v) is 11.2. The predicted molar refractivity (Wildman–Crippen MR) is 127 cm³/mol. The monoisotopic (exact) mass is 470 g/mol. The van der Waals surface area contributed by atoms with Crippen molar-refractivity contribution >= 4 is 34.7 Å². The maximum Gasteiger partial charge on any atom is 0.237 e. The Bertz CT molecular complexity index is 1100. The summed E-state index contributed by atoms with van der Waals surface area (Å²) in [6, 6.07) is 10.6. The molecule has 2 fully saturated rings. The van der Waals surface area contributed by atoms with Gasteiger partial charge in [-0.05, 0) is 74.4 Å². The molecule has 1 amide bonds. The largest absolute Gasteiger partial charge is 0.323 e. The van der Waals surface area contributed by atoms with Gasteiger partial charge in [-0.3, -0.25) is 9.36 Å². The van der Waals surface area contributed by atoms with E-state index < -0.39 is 11.1 Å². The number of hydrogen-bond donors (Lipinski definition) is 1. The first kappa shape index (κ1) is 21.6. The van der Waals surface area contributed by atoms with Crippen LogP contribution in [0.4, 0.5) is 10.1 Å². The molecule has 5 atom stereocenters. The van der Waals surface area contributed by atoms with Gasteiger partial charge >= 0.3 is 0 Å². The van der Waals surface area contributed by atoms with Gasteiger partial charge in [-0.15, -0.1) is 21.5 Å². The van der Waals surface area contributed by atoms with E-state index in [-0.39, 0.29) is 17.6 Å². The van der Waals surface area contributed by atoms with E-state index in [0.29, 0.717) is 5.92 Å². The lowest BCUT2D eigenvalue weighted by atomic mass is 9.84. The summed E-state index contributed by atoms with van der Waals surface area (Å²) in [4.78, 5) is 13.9. The van der Waals surface area contributed by atoms with Crippen molar-refractivity contribution in [2.75, 3.05) is 5.32 Å². The Morgan fingerprint density at radius 3 is 2.72 bits per heavy atom. The summed E-state index contributed by atoms with van der Waals surface area (Å²) in [5.74, 6) is 2.43. The lowest BCUT2D eigenvalue weighted by molar-refractivity contribution is -0.115. The van der Waals surface area contributed by atoms with Gasteiger partial charge in [0.05, 0.1) is 15.8 Å². The molecule has 2 aromatic heterocycles. The van der Waals surface area contributed by atoms with Crippen molar-refractivity contribution in [1.82, 2.24) is 14.8 Å². The molecule has 2 heterocycles. The highest BCUT2D eigenvalue weighted by Gasteiger charge is 2.43. The Morgan fingerprint density at radius 1 is 1.19 bits per heavy atom. The SMILES string of the molecule is CC(Sc1nnc(-c2cccs2)n1C(C)C1CC2CCC1C2)C(=O)Nc1ccccc1F. The lowest BCUT2D eigenvalue weighted by Gasteiger charge is -2.30. The van der Waals surface area contributed by atoms with Crippen molar-refractivity contribution in [3.05, 3.63) is 47.6 Å². The van der Waals surface area contributed by atoms with Crippen LogP contribution in [0.25, 0.3) is 10.7 Å². The molecule has 2 aliphatic rings. The maximum atomic E-state index is 14.0. The molecule has 5 nitrogen and oxygen atoms in total. The molecule has 5 rings (SSSR count). The third kappa shape index (κ3) is 4.10. The van der Waals surface area contributed by atoms with Crippen molar-refractivity contribution in [2.45, 2.75) is 56.0 Å². The maximum absolute atomic E-state index is 14.0. The van der Waals surface area contributed by atoms with E-state index in [1.165, 1.54) is 43.5 Å². The van der Waals surface area contributed by atoms with E-state index in [1.807, 2.05) is 18.4 Å². The number of halogens is 1. The number of thiophene rings is 1. The minimum Gasteiger partial charge on any atom is -0.323 e. The van der Waals surface area contributed by atoms with Crippen LogP contribution in [-0.4, -0.2) is 25.9 Å². The Morgan fingerprint density at radius 2 is 2.03 bits per heavy atom. The van der Waals surface area contributed by atoms with Crippen LogP contribution < -0.4 is 5.32 Å². The van der Waals surface area contributed by atoms with Crippen molar-refractivity contribution in [2.24, 2.45) is 17.8 Å². The fraction of sp³-hybridized carbons (Fsp3) is 0.458. The molecule has 168 valence electrons. The Balaban J connectivity index is 1.40. The number of nitrogens with zero attached hydrogens (tertiary/aromatic N) is 3. The number of aromatic nitrogens is 3. The molecule has 2 saturated carbocycles. The van der Waals surface area contributed by atoms with E-state index >= 15 is 0 Å². The molecule has 5 unspecified atom stereocenters. The second-order valence-electron chi connectivity index (χ2n) is 8.96. The molecule has 8 heteroatoms. The van der Waals surface area contributed by atoms with E-state index in [0.717, 1.165) is 27.7 Å². The number of amides is 1. The second kappa shape index (κ2) is 8.98. The standard InChI is InChI=1S/C24H27FN4OS2/c1-14(18-13-16-9-10-17(18)12-16)29-22(21-8-5-11-31-21)27-28-24(29)32-15(2)23(30)26-20-7-4-3-6-19(20)25/h3-8,11,14-18H,9-10,12-13H2,1-2H3,(H,26,30). The van der Waals surface area contributed by atoms with Crippen LogP contribution in [0.2, 0.25) is 0 Å². The molecule has 0 radical (unpaired) electrons. The molecule has 0 saturated heterocycles. The van der Waals surface area contributed by atoms with E-state index in [1.54, 1.807) is 29.5 Å². The summed E-state index contributed by atoms with van der Waals surface area (Å²) in [5.41, 5.74) is 0.195. The molecule has 3 aromatic rings. The number of carbonyl (C=O) groups is 1. The molecule has 0 spiro atoms. The number of para-hydroxylation sites is 1. The van der Waals surface area contributed by atoms with Crippen molar-refractivity contribution in [3.8, 4) is 10.7 Å². The topological polar surface area (TPSA) is 59.8 Å². The highest BCUT2D eigenvalue weighted by Crippen LogP contribution is 2.53. The van der Waals surface area contributed by atoms with Crippen LogP contribution in [-0.2, 0) is 4.79 Å². The Hall–Kier alpha value is -2.19. The summed E-state index contributed by atoms with van der Waals surface area (Å²) in [5, 5.41) is 14.1. The van der Waals surface area contributed by atoms with Crippen molar-refractivity contribution in [3.63, 3.8) is 0 Å². The van der Waals surface area contributed by atoms with Gasteiger partial charge in [-0.25, -0.2) is 4.39 Å². The van der Waals surface area contributed by atoms with Gasteiger partial charge in [0.15, 0.2) is 11.0 Å². The molecule has 1 N–H and O–H groups in total. The molecule has 2 bridgehead atoms. The van der Waals surface area contributed by atoms with E-state index in [4.69, 9.17) is 0 Å². The minimum atomic E-state index is -0.444. The van der Waals surface area contributed by atoms with Gasteiger partial charge in [0.25, 0.3) is 0 Å². The van der Waals surface area contributed by atoms with Gasteiger partial charge in [0.1, 0.15) is 5.82 Å². The zero-order chi connectivity index (χ0) is 22.2. The summed E-state index contributed by atoms with van der Waals surface area (Å²) in [6.07, 6.45) is 5.29. The van der Waals surface area contributed by atoms with E-state index in [9.17, 15) is 9.18 Å². The third-order valence-corrected chi connectivity index (χ3v) is 8.93. The van der Waals surface area contributed by atoms with Crippen LogP contribution in [0, 0.1) is 23.6 Å². The van der Waals surface area contributed by atoms with Crippen molar-refractivity contribution in [1.29, 1.82) is 0 Å². The first-order valence-corrected chi connectivity index (χ1v) is 13.0. The summed E-state index contributed by atoms with van der Waals surface area (Å²) < 4.78 is 16.2. The fourth-order valence-electron chi connectivity index (χ4n) is 5.38. The average molecular weight is 471 g/mol. The third-order valence-electron chi connectivity index (χ3n) is 7.01. The fourth-order valence-corrected chi connectivity index (χ4v) is 7.03. The average Bonchev–Trinajstić information content (AvgIpc) is 3.58. The van der Waals surface area contributed by atoms with E-state index in [2.05, 4.69) is 33.1 Å². The predicted octanol–water partition coefficient (Wildman–Crippen LogP) is 6.26. The highest BCUT2D eigenvalue weighted by atomic mass is 32.2. The van der Waals surface area contributed by atoms with Crippen LogP contribution in [0.3, 0.4) is 0 Å². The number of anilines is 1. The quantitative estimate of drug-likeness (QED) is 0.414. The molecule has 32 heavy (non-hydrogen) atoms. The summed E-state index contributed by atoms with van der Waals surface area (Å²) >= 11 is 3.04.